The minimum atomic E-state index is -0.221. The number of nitrogens with two attached hydrogens (primary N) is 1. The van der Waals surface area contributed by atoms with E-state index in [1.165, 1.54) is 0 Å². The van der Waals surface area contributed by atoms with Crippen LogP contribution in [-0.2, 0) is 13.1 Å². The van der Waals surface area contributed by atoms with Gasteiger partial charge < -0.3 is 10.8 Å². The number of nitrogens with zero attached hydrogens (tertiary/aromatic N) is 1. The van der Waals surface area contributed by atoms with Gasteiger partial charge in [0.25, 0.3) is 0 Å². The predicted molar refractivity (Wildman–Crippen MR) is 74.4 cm³/mol. The van der Waals surface area contributed by atoms with Crippen LogP contribution < -0.4 is 5.73 Å². The number of piperidine rings is 1. The van der Waals surface area contributed by atoms with E-state index in [1.54, 1.807) is 0 Å². The van der Waals surface area contributed by atoms with Crippen molar-refractivity contribution in [3.05, 3.63) is 34.3 Å². The smallest absolute Gasteiger partial charge is 0.0693 e. The fourth-order valence-electron chi connectivity index (χ4n) is 2.34. The number of hydrogen-bond acceptors (Lipinski definition) is 3. The van der Waals surface area contributed by atoms with E-state index in [2.05, 4.69) is 11.8 Å². The molecule has 2 rings (SSSR count). The molecule has 2 unspecified atom stereocenters. The Hall–Kier alpha value is -0.610. The third kappa shape index (κ3) is 3.23. The molecule has 0 radical (unpaired) electrons. The lowest BCUT2D eigenvalue weighted by Crippen LogP contribution is -2.42. The first kappa shape index (κ1) is 13.8. The zero-order valence-corrected chi connectivity index (χ0v) is 11.5. The van der Waals surface area contributed by atoms with Gasteiger partial charge in [-0.1, -0.05) is 30.7 Å². The summed E-state index contributed by atoms with van der Waals surface area (Å²) < 4.78 is 0. The van der Waals surface area contributed by atoms with Crippen LogP contribution in [0.2, 0.25) is 5.02 Å². The van der Waals surface area contributed by atoms with Gasteiger partial charge in [0.1, 0.15) is 0 Å². The summed E-state index contributed by atoms with van der Waals surface area (Å²) in [4.78, 5) is 2.26. The summed E-state index contributed by atoms with van der Waals surface area (Å²) in [6.45, 7) is 5.17. The van der Waals surface area contributed by atoms with Crippen LogP contribution in [-0.4, -0.2) is 29.2 Å². The summed E-state index contributed by atoms with van der Waals surface area (Å²) >= 11 is 6.25. The SMILES string of the molecule is CC1CCN(Cc2ccc(CN)cc2Cl)CC1O. The van der Waals surface area contributed by atoms with E-state index in [4.69, 9.17) is 17.3 Å². The van der Waals surface area contributed by atoms with Gasteiger partial charge in [0.2, 0.25) is 0 Å². The molecule has 0 aromatic heterocycles. The average Bonchev–Trinajstić information content (AvgIpc) is 2.36. The zero-order chi connectivity index (χ0) is 13.1. The highest BCUT2D eigenvalue weighted by atomic mass is 35.5. The monoisotopic (exact) mass is 268 g/mol. The second-order valence-electron chi connectivity index (χ2n) is 5.20. The van der Waals surface area contributed by atoms with Crippen LogP contribution in [0.3, 0.4) is 0 Å². The van der Waals surface area contributed by atoms with Crippen molar-refractivity contribution >= 4 is 11.6 Å². The number of aliphatic hydroxyl groups excluding tert-OH is 1. The zero-order valence-electron chi connectivity index (χ0n) is 10.8. The summed E-state index contributed by atoms with van der Waals surface area (Å²) in [5.41, 5.74) is 7.74. The second kappa shape index (κ2) is 6.02. The Labute approximate surface area is 114 Å². The number of aliphatic hydroxyl groups is 1. The van der Waals surface area contributed by atoms with Crippen molar-refractivity contribution in [2.45, 2.75) is 32.5 Å². The van der Waals surface area contributed by atoms with Gasteiger partial charge in [0.15, 0.2) is 0 Å². The highest BCUT2D eigenvalue weighted by Gasteiger charge is 2.24. The molecule has 100 valence electrons. The number of likely N-dealkylation sites (tertiary alicyclic amines) is 1. The first-order valence-corrected chi connectivity index (χ1v) is 6.85. The normalized spacial score (nSPS) is 25.3. The molecule has 0 spiro atoms. The molecule has 18 heavy (non-hydrogen) atoms. The standard InChI is InChI=1S/C14H21ClN2O/c1-10-4-5-17(9-14(10)18)8-12-3-2-11(7-16)6-13(12)15/h2-3,6,10,14,18H,4-5,7-9,16H2,1H3. The van der Waals surface area contributed by atoms with Gasteiger partial charge in [-0.15, -0.1) is 0 Å². The van der Waals surface area contributed by atoms with Crippen molar-refractivity contribution in [2.75, 3.05) is 13.1 Å². The lowest BCUT2D eigenvalue weighted by molar-refractivity contribution is 0.0259. The maximum absolute atomic E-state index is 9.89. The van der Waals surface area contributed by atoms with Crippen LogP contribution in [0, 0.1) is 5.92 Å². The topological polar surface area (TPSA) is 49.5 Å². The van der Waals surface area contributed by atoms with Gasteiger partial charge in [-0.05, 0) is 36.1 Å². The first-order chi connectivity index (χ1) is 8.60. The fourth-order valence-corrected chi connectivity index (χ4v) is 2.61. The highest BCUT2D eigenvalue weighted by molar-refractivity contribution is 6.31. The summed E-state index contributed by atoms with van der Waals surface area (Å²) in [6, 6.07) is 5.99. The molecule has 1 aromatic carbocycles. The molecule has 1 saturated heterocycles. The van der Waals surface area contributed by atoms with E-state index >= 15 is 0 Å². The number of benzene rings is 1. The van der Waals surface area contributed by atoms with E-state index in [-0.39, 0.29) is 6.10 Å². The van der Waals surface area contributed by atoms with Gasteiger partial charge in [-0.3, -0.25) is 4.90 Å². The molecule has 1 heterocycles. The molecule has 0 aliphatic carbocycles. The molecular weight excluding hydrogens is 248 g/mol. The Morgan fingerprint density at radius 1 is 1.50 bits per heavy atom. The Morgan fingerprint density at radius 3 is 2.89 bits per heavy atom. The van der Waals surface area contributed by atoms with E-state index in [0.29, 0.717) is 12.5 Å². The molecule has 1 aliphatic heterocycles. The molecule has 1 aliphatic rings. The number of hydrogen-bond donors (Lipinski definition) is 2. The van der Waals surface area contributed by atoms with Crippen molar-refractivity contribution < 1.29 is 5.11 Å². The third-order valence-corrected chi connectivity index (χ3v) is 4.10. The maximum Gasteiger partial charge on any atom is 0.0693 e. The molecule has 4 heteroatoms. The summed E-state index contributed by atoms with van der Waals surface area (Å²) in [5.74, 6) is 0.399. The summed E-state index contributed by atoms with van der Waals surface area (Å²) in [6.07, 6.45) is 0.820. The van der Waals surface area contributed by atoms with Gasteiger partial charge in [-0.2, -0.15) is 0 Å². The largest absolute Gasteiger partial charge is 0.392 e. The Balaban J connectivity index is 2.01. The van der Waals surface area contributed by atoms with Crippen LogP contribution >= 0.6 is 11.6 Å². The number of β-amino-alcohol motifs (C(OH)–C–C–N with tert-alkyl or cyclic N) is 1. The lowest BCUT2D eigenvalue weighted by Gasteiger charge is -2.34. The van der Waals surface area contributed by atoms with E-state index in [0.717, 1.165) is 42.2 Å². The van der Waals surface area contributed by atoms with Crippen LogP contribution in [0.1, 0.15) is 24.5 Å². The number of rotatable bonds is 3. The lowest BCUT2D eigenvalue weighted by atomic mass is 9.95. The molecule has 0 saturated carbocycles. The average molecular weight is 269 g/mol. The van der Waals surface area contributed by atoms with Crippen LogP contribution in [0.25, 0.3) is 0 Å². The minimum absolute atomic E-state index is 0.221. The van der Waals surface area contributed by atoms with Crippen LogP contribution in [0.4, 0.5) is 0 Å². The second-order valence-corrected chi connectivity index (χ2v) is 5.61. The molecule has 1 aromatic rings. The minimum Gasteiger partial charge on any atom is -0.392 e. The van der Waals surface area contributed by atoms with Gasteiger partial charge >= 0.3 is 0 Å². The summed E-state index contributed by atoms with van der Waals surface area (Å²) in [7, 11) is 0. The van der Waals surface area contributed by atoms with Gasteiger partial charge in [0, 0.05) is 24.7 Å². The molecule has 2 atom stereocenters. The van der Waals surface area contributed by atoms with Crippen molar-refractivity contribution in [3.63, 3.8) is 0 Å². The number of halogens is 1. The van der Waals surface area contributed by atoms with Gasteiger partial charge in [0.05, 0.1) is 6.10 Å². The summed E-state index contributed by atoms with van der Waals surface area (Å²) in [5, 5.41) is 10.7. The quantitative estimate of drug-likeness (QED) is 0.882. The molecule has 3 nitrogen and oxygen atoms in total. The molecule has 0 bridgehead atoms. The predicted octanol–water partition coefficient (Wildman–Crippen LogP) is 2.00. The molecule has 0 amide bonds. The van der Waals surface area contributed by atoms with Crippen LogP contribution in [0.15, 0.2) is 18.2 Å². The van der Waals surface area contributed by atoms with Crippen molar-refractivity contribution in [3.8, 4) is 0 Å². The van der Waals surface area contributed by atoms with Crippen LogP contribution in [0.5, 0.6) is 0 Å². The van der Waals surface area contributed by atoms with E-state index in [1.807, 2.05) is 18.2 Å². The Kier molecular flexibility index (Phi) is 4.62. The molecular formula is C14H21ClN2O. The van der Waals surface area contributed by atoms with Gasteiger partial charge in [-0.25, -0.2) is 0 Å². The first-order valence-electron chi connectivity index (χ1n) is 6.48. The van der Waals surface area contributed by atoms with E-state index in [9.17, 15) is 5.11 Å². The van der Waals surface area contributed by atoms with Crippen molar-refractivity contribution in [1.29, 1.82) is 0 Å². The van der Waals surface area contributed by atoms with Crippen molar-refractivity contribution in [2.24, 2.45) is 11.7 Å². The molecule has 1 fully saturated rings. The Bertz CT molecular complexity index is 411. The Morgan fingerprint density at radius 2 is 2.28 bits per heavy atom. The fraction of sp³-hybridized carbons (Fsp3) is 0.571. The third-order valence-electron chi connectivity index (χ3n) is 3.75. The molecule has 3 N–H and O–H groups in total. The van der Waals surface area contributed by atoms with Crippen molar-refractivity contribution in [1.82, 2.24) is 4.90 Å². The maximum atomic E-state index is 9.89. The highest BCUT2D eigenvalue weighted by Crippen LogP contribution is 2.23. The van der Waals surface area contributed by atoms with E-state index < -0.39 is 0 Å².